The number of nitrogens with two attached hydrogens (primary N) is 1. The van der Waals surface area contributed by atoms with E-state index in [0.717, 1.165) is 6.07 Å². The second kappa shape index (κ2) is 4.43. The van der Waals surface area contributed by atoms with Gasteiger partial charge < -0.3 is 5.73 Å². The van der Waals surface area contributed by atoms with Crippen LogP contribution in [0.4, 0.5) is 8.78 Å². The van der Waals surface area contributed by atoms with E-state index in [1.54, 1.807) is 0 Å². The molecule has 0 radical (unpaired) electrons. The maximum atomic E-state index is 12.3. The second-order valence-electron chi connectivity index (χ2n) is 2.51. The number of hydrogen-bond donors (Lipinski definition) is 1. The monoisotopic (exact) mass is 220 g/mol. The Morgan fingerprint density at radius 2 is 2.29 bits per heavy atom. The zero-order chi connectivity index (χ0) is 10.7. The van der Waals surface area contributed by atoms with Crippen molar-refractivity contribution in [1.82, 2.24) is 4.98 Å². The van der Waals surface area contributed by atoms with Crippen LogP contribution >= 0.6 is 11.6 Å². The topological polar surface area (TPSA) is 56.0 Å². The maximum Gasteiger partial charge on any atom is 0.266 e. The summed E-state index contributed by atoms with van der Waals surface area (Å²) in [5, 5.41) is 0.0494. The molecule has 1 aromatic rings. The summed E-state index contributed by atoms with van der Waals surface area (Å²) in [6.07, 6.45) is -2.51. The Bertz CT molecular complexity index is 357. The van der Waals surface area contributed by atoms with Crippen LogP contribution in [0.2, 0.25) is 5.02 Å². The molecule has 6 heteroatoms. The molecule has 0 atom stereocenters. The highest BCUT2D eigenvalue weighted by atomic mass is 35.5. The van der Waals surface area contributed by atoms with Gasteiger partial charge in [-0.15, -0.1) is 0 Å². The summed E-state index contributed by atoms with van der Waals surface area (Å²) in [6.45, 7) is 0.00317. The van der Waals surface area contributed by atoms with Crippen molar-refractivity contribution in [2.24, 2.45) is 5.73 Å². The number of alkyl halides is 2. The molecule has 0 saturated heterocycles. The van der Waals surface area contributed by atoms with Crippen LogP contribution in [0.3, 0.4) is 0 Å². The normalized spacial score (nSPS) is 10.6. The largest absolute Gasteiger partial charge is 0.325 e. The fourth-order valence-electron chi connectivity index (χ4n) is 0.969. The van der Waals surface area contributed by atoms with E-state index in [9.17, 15) is 13.6 Å². The van der Waals surface area contributed by atoms with Gasteiger partial charge in [-0.2, -0.15) is 0 Å². The lowest BCUT2D eigenvalue weighted by atomic mass is 10.2. The number of aromatic nitrogens is 1. The van der Waals surface area contributed by atoms with Crippen molar-refractivity contribution in [1.29, 1.82) is 0 Å². The van der Waals surface area contributed by atoms with Gasteiger partial charge in [0.25, 0.3) is 6.43 Å². The molecular formula is C8H7ClF2N2O. The quantitative estimate of drug-likeness (QED) is 0.792. The number of pyridine rings is 1. The minimum atomic E-state index is -2.77. The van der Waals surface area contributed by atoms with E-state index in [-0.39, 0.29) is 29.2 Å². The molecule has 0 fully saturated rings. The Labute approximate surface area is 83.9 Å². The SMILES string of the molecule is NCc1nc(C=O)c(C(F)F)cc1Cl. The van der Waals surface area contributed by atoms with Gasteiger partial charge in [-0.1, -0.05) is 11.6 Å². The van der Waals surface area contributed by atoms with Crippen LogP contribution in [0.15, 0.2) is 6.07 Å². The molecular weight excluding hydrogens is 214 g/mol. The van der Waals surface area contributed by atoms with E-state index in [4.69, 9.17) is 17.3 Å². The summed E-state index contributed by atoms with van der Waals surface area (Å²) in [5.41, 5.74) is 4.70. The van der Waals surface area contributed by atoms with Gasteiger partial charge in [0.05, 0.1) is 10.7 Å². The molecule has 0 amide bonds. The van der Waals surface area contributed by atoms with E-state index in [2.05, 4.69) is 4.98 Å². The molecule has 2 N–H and O–H groups in total. The summed E-state index contributed by atoms with van der Waals surface area (Å²) in [7, 11) is 0. The van der Waals surface area contributed by atoms with Crippen LogP contribution in [0.25, 0.3) is 0 Å². The number of halogens is 3. The van der Waals surface area contributed by atoms with Crippen molar-refractivity contribution in [3.05, 3.63) is 28.0 Å². The zero-order valence-corrected chi connectivity index (χ0v) is 7.76. The minimum absolute atomic E-state index is 0.00317. The molecule has 0 spiro atoms. The van der Waals surface area contributed by atoms with Gasteiger partial charge in [0.1, 0.15) is 5.69 Å². The number of aldehydes is 1. The fraction of sp³-hybridized carbons (Fsp3) is 0.250. The molecule has 14 heavy (non-hydrogen) atoms. The van der Waals surface area contributed by atoms with Crippen LogP contribution < -0.4 is 5.73 Å². The van der Waals surface area contributed by atoms with E-state index in [1.165, 1.54) is 0 Å². The Balaban J connectivity index is 3.31. The van der Waals surface area contributed by atoms with Crippen molar-refractivity contribution in [3.8, 4) is 0 Å². The maximum absolute atomic E-state index is 12.3. The van der Waals surface area contributed by atoms with Gasteiger partial charge in [0.15, 0.2) is 6.29 Å². The van der Waals surface area contributed by atoms with E-state index in [0.29, 0.717) is 0 Å². The molecule has 3 nitrogen and oxygen atoms in total. The van der Waals surface area contributed by atoms with Crippen molar-refractivity contribution in [3.63, 3.8) is 0 Å². The Hall–Kier alpha value is -1.07. The van der Waals surface area contributed by atoms with Gasteiger partial charge >= 0.3 is 0 Å². The van der Waals surface area contributed by atoms with E-state index >= 15 is 0 Å². The molecule has 0 aliphatic heterocycles. The third-order valence-corrected chi connectivity index (χ3v) is 1.98. The molecule has 0 aliphatic rings. The molecule has 0 aliphatic carbocycles. The summed E-state index contributed by atoms with van der Waals surface area (Å²) in [6, 6.07) is 1.02. The molecule has 0 saturated carbocycles. The lowest BCUT2D eigenvalue weighted by Crippen LogP contribution is -2.06. The predicted octanol–water partition coefficient (Wildman–Crippen LogP) is 1.94. The summed E-state index contributed by atoms with van der Waals surface area (Å²) in [5.74, 6) is 0. The van der Waals surface area contributed by atoms with E-state index < -0.39 is 12.0 Å². The van der Waals surface area contributed by atoms with Crippen LogP contribution in [0, 0.1) is 0 Å². The average Bonchev–Trinajstić information content (AvgIpc) is 2.17. The van der Waals surface area contributed by atoms with Crippen LogP contribution in [-0.4, -0.2) is 11.3 Å². The zero-order valence-electron chi connectivity index (χ0n) is 7.01. The first-order chi connectivity index (χ1) is 6.60. The lowest BCUT2D eigenvalue weighted by Gasteiger charge is -2.06. The first-order valence-corrected chi connectivity index (χ1v) is 4.10. The summed E-state index contributed by atoms with van der Waals surface area (Å²) < 4.78 is 24.7. The Morgan fingerprint density at radius 1 is 1.64 bits per heavy atom. The lowest BCUT2D eigenvalue weighted by molar-refractivity contribution is 0.110. The summed E-state index contributed by atoms with van der Waals surface area (Å²) in [4.78, 5) is 14.1. The standard InChI is InChI=1S/C8H7ClF2N2O/c9-5-1-4(8(10)11)7(3-14)13-6(5)2-12/h1,3,8H,2,12H2. The van der Waals surface area contributed by atoms with Crippen LogP contribution in [0.5, 0.6) is 0 Å². The number of hydrogen-bond acceptors (Lipinski definition) is 3. The average molecular weight is 221 g/mol. The molecule has 0 unspecified atom stereocenters. The number of rotatable bonds is 3. The highest BCUT2D eigenvalue weighted by Crippen LogP contribution is 2.25. The van der Waals surface area contributed by atoms with Gasteiger partial charge in [-0.05, 0) is 6.07 Å². The van der Waals surface area contributed by atoms with Crippen LogP contribution in [0.1, 0.15) is 28.2 Å². The number of carbonyl (C=O) groups excluding carboxylic acids is 1. The second-order valence-corrected chi connectivity index (χ2v) is 2.92. The first-order valence-electron chi connectivity index (χ1n) is 3.72. The minimum Gasteiger partial charge on any atom is -0.325 e. The van der Waals surface area contributed by atoms with Crippen molar-refractivity contribution in [2.45, 2.75) is 13.0 Å². The van der Waals surface area contributed by atoms with E-state index in [1.807, 2.05) is 0 Å². The first kappa shape index (κ1) is 11.0. The molecule has 0 bridgehead atoms. The highest BCUT2D eigenvalue weighted by Gasteiger charge is 2.16. The van der Waals surface area contributed by atoms with Gasteiger partial charge in [-0.3, -0.25) is 4.79 Å². The predicted molar refractivity (Wildman–Crippen MR) is 47.5 cm³/mol. The molecule has 1 rings (SSSR count). The van der Waals surface area contributed by atoms with Crippen molar-refractivity contribution < 1.29 is 13.6 Å². The fourth-order valence-corrected chi connectivity index (χ4v) is 1.21. The van der Waals surface area contributed by atoms with Gasteiger partial charge in [0, 0.05) is 12.1 Å². The molecule has 1 aromatic heterocycles. The molecule has 1 heterocycles. The summed E-state index contributed by atoms with van der Waals surface area (Å²) >= 11 is 5.61. The smallest absolute Gasteiger partial charge is 0.266 e. The third kappa shape index (κ3) is 2.05. The van der Waals surface area contributed by atoms with Crippen LogP contribution in [-0.2, 0) is 6.54 Å². The molecule has 76 valence electrons. The number of nitrogens with zero attached hydrogens (tertiary/aromatic N) is 1. The van der Waals surface area contributed by atoms with Gasteiger partial charge in [-0.25, -0.2) is 13.8 Å². The third-order valence-electron chi connectivity index (χ3n) is 1.65. The Kier molecular flexibility index (Phi) is 3.49. The Morgan fingerprint density at radius 3 is 2.71 bits per heavy atom. The highest BCUT2D eigenvalue weighted by molar-refractivity contribution is 6.31. The number of carbonyl (C=O) groups is 1. The van der Waals surface area contributed by atoms with Gasteiger partial charge in [0.2, 0.25) is 0 Å². The van der Waals surface area contributed by atoms with Crippen molar-refractivity contribution >= 4 is 17.9 Å². The molecule has 0 aromatic carbocycles. The van der Waals surface area contributed by atoms with Crippen molar-refractivity contribution in [2.75, 3.05) is 0 Å².